The Bertz CT molecular complexity index is 134. The molecule has 2 heteroatoms. The van der Waals surface area contributed by atoms with Gasteiger partial charge in [-0.25, -0.2) is 0 Å². The van der Waals surface area contributed by atoms with E-state index in [2.05, 4.69) is 5.32 Å². The maximum absolute atomic E-state index is 11.3. The molecule has 1 aliphatic carbocycles. The van der Waals surface area contributed by atoms with Gasteiger partial charge in [-0.05, 0) is 32.9 Å². The minimum absolute atomic E-state index is 0.371. The van der Waals surface area contributed by atoms with Crippen molar-refractivity contribution < 1.29 is 4.79 Å². The molecule has 1 fully saturated rings. The Kier molecular flexibility index (Phi) is 3.57. The summed E-state index contributed by atoms with van der Waals surface area (Å²) in [7, 11) is 1.94. The van der Waals surface area contributed by atoms with E-state index in [9.17, 15) is 4.79 Å². The Labute approximate surface area is 68.4 Å². The molecule has 0 bridgehead atoms. The molecule has 2 nitrogen and oxygen atoms in total. The maximum atomic E-state index is 11.3. The summed E-state index contributed by atoms with van der Waals surface area (Å²) in [6.07, 6.45) is 5.36. The highest BCUT2D eigenvalue weighted by molar-refractivity contribution is 5.81. The van der Waals surface area contributed by atoms with Crippen LogP contribution in [0.25, 0.3) is 0 Å². The molecule has 64 valence electrons. The first-order valence-electron chi connectivity index (χ1n) is 4.52. The molecule has 0 radical (unpaired) electrons. The summed E-state index contributed by atoms with van der Waals surface area (Å²) in [5.74, 6) is 0.864. The van der Waals surface area contributed by atoms with Crippen molar-refractivity contribution in [3.8, 4) is 0 Å². The van der Waals surface area contributed by atoms with Gasteiger partial charge in [-0.15, -0.1) is 0 Å². The third-order valence-corrected chi connectivity index (χ3v) is 2.42. The smallest absolute Gasteiger partial charge is 0.136 e. The molecule has 1 saturated carbocycles. The van der Waals surface area contributed by atoms with Crippen LogP contribution in [0.4, 0.5) is 0 Å². The van der Waals surface area contributed by atoms with E-state index in [0.29, 0.717) is 11.7 Å². The molecule has 11 heavy (non-hydrogen) atoms. The minimum atomic E-state index is 0.371. The fourth-order valence-electron chi connectivity index (χ4n) is 1.68. The quantitative estimate of drug-likeness (QED) is 0.666. The summed E-state index contributed by atoms with van der Waals surface area (Å²) in [4.78, 5) is 11.3. The Balaban J connectivity index is 2.24. The van der Waals surface area contributed by atoms with Crippen LogP contribution in [0.1, 0.15) is 32.1 Å². The monoisotopic (exact) mass is 155 g/mol. The van der Waals surface area contributed by atoms with Crippen molar-refractivity contribution in [1.29, 1.82) is 0 Å². The summed E-state index contributed by atoms with van der Waals surface area (Å²) < 4.78 is 0. The topological polar surface area (TPSA) is 29.1 Å². The molecule has 1 aliphatic rings. The average Bonchev–Trinajstić information content (AvgIpc) is 2.03. The van der Waals surface area contributed by atoms with E-state index in [-0.39, 0.29) is 0 Å². The molecule has 1 N–H and O–H groups in total. The number of nitrogens with one attached hydrogen (secondary N) is 1. The Hall–Kier alpha value is -0.370. The number of hydrogen-bond acceptors (Lipinski definition) is 2. The van der Waals surface area contributed by atoms with Crippen molar-refractivity contribution in [2.75, 3.05) is 13.6 Å². The predicted octanol–water partition coefficient (Wildman–Crippen LogP) is 1.36. The number of rotatable bonds is 3. The molecular weight excluding hydrogens is 138 g/mol. The lowest BCUT2D eigenvalue weighted by molar-refractivity contribution is -0.124. The maximum Gasteiger partial charge on any atom is 0.136 e. The van der Waals surface area contributed by atoms with Gasteiger partial charge in [0, 0.05) is 12.3 Å². The number of hydrogen-bond donors (Lipinski definition) is 1. The SMILES string of the molecule is CNCCC1CCCCC1=O. The third kappa shape index (κ3) is 2.62. The molecule has 0 amide bonds. The van der Waals surface area contributed by atoms with Crippen LogP contribution >= 0.6 is 0 Å². The summed E-state index contributed by atoms with van der Waals surface area (Å²) in [5.41, 5.74) is 0. The van der Waals surface area contributed by atoms with Gasteiger partial charge in [-0.3, -0.25) is 4.79 Å². The number of ketones is 1. The molecule has 1 rings (SSSR count). The second-order valence-electron chi connectivity index (χ2n) is 3.30. The second-order valence-corrected chi connectivity index (χ2v) is 3.30. The van der Waals surface area contributed by atoms with Crippen molar-refractivity contribution in [2.24, 2.45) is 5.92 Å². The lowest BCUT2D eigenvalue weighted by Gasteiger charge is -2.19. The molecule has 1 atom stereocenters. The van der Waals surface area contributed by atoms with Gasteiger partial charge in [-0.2, -0.15) is 0 Å². The molecule has 0 spiro atoms. The predicted molar refractivity (Wildman–Crippen MR) is 45.5 cm³/mol. The van der Waals surface area contributed by atoms with Crippen LogP contribution in [-0.2, 0) is 4.79 Å². The highest BCUT2D eigenvalue weighted by atomic mass is 16.1. The molecule has 1 unspecified atom stereocenters. The molecule has 0 aromatic carbocycles. The largest absolute Gasteiger partial charge is 0.320 e. The Morgan fingerprint density at radius 3 is 3.00 bits per heavy atom. The highest BCUT2D eigenvalue weighted by Gasteiger charge is 2.20. The summed E-state index contributed by atoms with van der Waals surface area (Å²) >= 11 is 0. The lowest BCUT2D eigenvalue weighted by atomic mass is 9.86. The van der Waals surface area contributed by atoms with E-state index in [1.807, 2.05) is 7.05 Å². The zero-order valence-electron chi connectivity index (χ0n) is 7.23. The Morgan fingerprint density at radius 1 is 1.55 bits per heavy atom. The summed E-state index contributed by atoms with van der Waals surface area (Å²) in [5, 5.41) is 3.08. The molecule has 0 heterocycles. The van der Waals surface area contributed by atoms with Gasteiger partial charge >= 0.3 is 0 Å². The van der Waals surface area contributed by atoms with Crippen LogP contribution in [0.3, 0.4) is 0 Å². The van der Waals surface area contributed by atoms with Gasteiger partial charge in [0.25, 0.3) is 0 Å². The summed E-state index contributed by atoms with van der Waals surface area (Å²) in [6.45, 7) is 0.983. The zero-order chi connectivity index (χ0) is 8.10. The van der Waals surface area contributed by atoms with Crippen molar-refractivity contribution in [3.05, 3.63) is 0 Å². The fraction of sp³-hybridized carbons (Fsp3) is 0.889. The van der Waals surface area contributed by atoms with Gasteiger partial charge in [0.15, 0.2) is 0 Å². The number of Topliss-reactive ketones (excluding diaryl/α,β-unsaturated/α-hetero) is 1. The van der Waals surface area contributed by atoms with E-state index < -0.39 is 0 Å². The first kappa shape index (κ1) is 8.72. The van der Waals surface area contributed by atoms with E-state index >= 15 is 0 Å². The molecular formula is C9H17NO. The van der Waals surface area contributed by atoms with Gasteiger partial charge in [0.1, 0.15) is 5.78 Å². The molecule has 0 aliphatic heterocycles. The van der Waals surface area contributed by atoms with Crippen molar-refractivity contribution >= 4 is 5.78 Å². The second kappa shape index (κ2) is 4.50. The normalized spacial score (nSPS) is 25.5. The highest BCUT2D eigenvalue weighted by Crippen LogP contribution is 2.22. The van der Waals surface area contributed by atoms with E-state index in [0.717, 1.165) is 32.2 Å². The molecule has 0 aromatic rings. The van der Waals surface area contributed by atoms with E-state index in [1.54, 1.807) is 0 Å². The number of carbonyl (C=O) groups excluding carboxylic acids is 1. The third-order valence-electron chi connectivity index (χ3n) is 2.42. The summed E-state index contributed by atoms with van der Waals surface area (Å²) in [6, 6.07) is 0. The fourth-order valence-corrected chi connectivity index (χ4v) is 1.68. The van der Waals surface area contributed by atoms with Gasteiger partial charge in [0.2, 0.25) is 0 Å². The average molecular weight is 155 g/mol. The van der Waals surface area contributed by atoms with Crippen LogP contribution in [0.2, 0.25) is 0 Å². The Morgan fingerprint density at radius 2 is 2.36 bits per heavy atom. The van der Waals surface area contributed by atoms with Gasteiger partial charge in [-0.1, -0.05) is 6.42 Å². The van der Waals surface area contributed by atoms with Crippen molar-refractivity contribution in [2.45, 2.75) is 32.1 Å². The van der Waals surface area contributed by atoms with Crippen LogP contribution in [0.5, 0.6) is 0 Å². The van der Waals surface area contributed by atoms with Crippen LogP contribution in [0.15, 0.2) is 0 Å². The van der Waals surface area contributed by atoms with Crippen LogP contribution in [-0.4, -0.2) is 19.4 Å². The van der Waals surface area contributed by atoms with Crippen LogP contribution in [0, 0.1) is 5.92 Å². The first-order valence-corrected chi connectivity index (χ1v) is 4.52. The zero-order valence-corrected chi connectivity index (χ0v) is 7.23. The lowest BCUT2D eigenvalue weighted by Crippen LogP contribution is -2.23. The van der Waals surface area contributed by atoms with Crippen molar-refractivity contribution in [1.82, 2.24) is 5.32 Å². The standard InChI is InChI=1S/C9H17NO/c1-10-7-6-8-4-2-3-5-9(8)11/h8,10H,2-7H2,1H3. The van der Waals surface area contributed by atoms with E-state index in [4.69, 9.17) is 0 Å². The van der Waals surface area contributed by atoms with Gasteiger partial charge in [0.05, 0.1) is 0 Å². The first-order chi connectivity index (χ1) is 5.34. The van der Waals surface area contributed by atoms with Crippen LogP contribution < -0.4 is 5.32 Å². The molecule has 0 saturated heterocycles. The minimum Gasteiger partial charge on any atom is -0.320 e. The number of carbonyl (C=O) groups is 1. The van der Waals surface area contributed by atoms with E-state index in [1.165, 1.54) is 6.42 Å². The van der Waals surface area contributed by atoms with Crippen molar-refractivity contribution in [3.63, 3.8) is 0 Å². The van der Waals surface area contributed by atoms with Gasteiger partial charge < -0.3 is 5.32 Å². The molecule has 0 aromatic heterocycles.